The summed E-state index contributed by atoms with van der Waals surface area (Å²) in [4.78, 5) is 13.4. The fourth-order valence-electron chi connectivity index (χ4n) is 2.94. The molecule has 0 aromatic heterocycles. The molecule has 0 saturated carbocycles. The molecule has 1 aromatic carbocycles. The molecule has 4 nitrogen and oxygen atoms in total. The Morgan fingerprint density at radius 1 is 1.47 bits per heavy atom. The number of amides is 1. The molecule has 2 N–H and O–H groups in total. The van der Waals surface area contributed by atoms with Crippen molar-refractivity contribution in [3.8, 4) is 0 Å². The van der Waals surface area contributed by atoms with Crippen LogP contribution in [-0.4, -0.2) is 32.6 Å². The van der Waals surface area contributed by atoms with Crippen molar-refractivity contribution in [1.82, 2.24) is 10.6 Å². The first-order valence-electron chi connectivity index (χ1n) is 7.04. The van der Waals surface area contributed by atoms with Gasteiger partial charge in [-0.15, -0.1) is 0 Å². The van der Waals surface area contributed by atoms with Crippen molar-refractivity contribution in [2.45, 2.75) is 19.4 Å². The zero-order chi connectivity index (χ0) is 13.2. The summed E-state index contributed by atoms with van der Waals surface area (Å²) in [5.41, 5.74) is 3.50. The lowest BCUT2D eigenvalue weighted by atomic mass is 10.1. The van der Waals surface area contributed by atoms with Gasteiger partial charge in [0.25, 0.3) is 0 Å². The molecule has 1 amide bonds. The molecule has 19 heavy (non-hydrogen) atoms. The van der Waals surface area contributed by atoms with Gasteiger partial charge in [0.05, 0.1) is 6.42 Å². The molecule has 4 heteroatoms. The molecule has 1 fully saturated rings. The molecule has 102 valence electrons. The monoisotopic (exact) mass is 259 g/mol. The van der Waals surface area contributed by atoms with Gasteiger partial charge < -0.3 is 15.5 Å². The molecule has 2 aliphatic rings. The van der Waals surface area contributed by atoms with E-state index in [9.17, 15) is 4.79 Å². The largest absolute Gasteiger partial charge is 0.316 e. The third-order valence-corrected chi connectivity index (χ3v) is 4.15. The minimum absolute atomic E-state index is 0.192. The molecule has 0 bridgehead atoms. The zero-order valence-corrected chi connectivity index (χ0v) is 11.4. The van der Waals surface area contributed by atoms with Gasteiger partial charge in [0.15, 0.2) is 0 Å². The maximum atomic E-state index is 11.6. The second-order valence-electron chi connectivity index (χ2n) is 5.58. The van der Waals surface area contributed by atoms with Gasteiger partial charge >= 0.3 is 0 Å². The predicted octanol–water partition coefficient (Wildman–Crippen LogP) is 0.905. The van der Waals surface area contributed by atoms with E-state index in [0.717, 1.165) is 43.3 Å². The number of likely N-dealkylation sites (N-methyl/N-ethyl adjacent to an activating group) is 1. The second kappa shape index (κ2) is 5.31. The molecule has 2 aliphatic heterocycles. The zero-order valence-electron chi connectivity index (χ0n) is 11.4. The van der Waals surface area contributed by atoms with Crippen molar-refractivity contribution in [3.05, 3.63) is 29.3 Å². The van der Waals surface area contributed by atoms with Crippen molar-refractivity contribution in [1.29, 1.82) is 0 Å². The van der Waals surface area contributed by atoms with Crippen LogP contribution in [0.2, 0.25) is 0 Å². The third-order valence-electron chi connectivity index (χ3n) is 4.15. The Morgan fingerprint density at radius 3 is 3.16 bits per heavy atom. The third kappa shape index (κ3) is 2.65. The summed E-state index contributed by atoms with van der Waals surface area (Å²) in [5, 5.41) is 6.90. The van der Waals surface area contributed by atoms with Gasteiger partial charge in [-0.3, -0.25) is 4.79 Å². The van der Waals surface area contributed by atoms with Crippen LogP contribution in [0, 0.1) is 5.92 Å². The number of carbonyl (C=O) groups is 1. The Morgan fingerprint density at radius 2 is 2.37 bits per heavy atom. The molecule has 0 spiro atoms. The second-order valence-corrected chi connectivity index (χ2v) is 5.58. The molecular formula is C15H21N3O. The Kier molecular flexibility index (Phi) is 3.53. The number of hydrogen-bond donors (Lipinski definition) is 2. The summed E-state index contributed by atoms with van der Waals surface area (Å²) in [7, 11) is 1.85. The summed E-state index contributed by atoms with van der Waals surface area (Å²) in [5.74, 6) is 0.958. The highest BCUT2D eigenvalue weighted by atomic mass is 16.2. The maximum Gasteiger partial charge on any atom is 0.231 e. The normalized spacial score (nSPS) is 22.1. The van der Waals surface area contributed by atoms with E-state index < -0.39 is 0 Å². The lowest BCUT2D eigenvalue weighted by Crippen LogP contribution is -2.24. The Labute approximate surface area is 114 Å². The van der Waals surface area contributed by atoms with Crippen molar-refractivity contribution in [3.63, 3.8) is 0 Å². The van der Waals surface area contributed by atoms with E-state index in [-0.39, 0.29) is 5.91 Å². The first-order valence-corrected chi connectivity index (χ1v) is 7.04. The van der Waals surface area contributed by atoms with Gasteiger partial charge in [-0.25, -0.2) is 0 Å². The van der Waals surface area contributed by atoms with E-state index in [0.29, 0.717) is 6.42 Å². The molecule has 1 saturated heterocycles. The van der Waals surface area contributed by atoms with Gasteiger partial charge in [-0.2, -0.15) is 0 Å². The molecule has 1 unspecified atom stereocenters. The maximum absolute atomic E-state index is 11.6. The molecule has 1 atom stereocenters. The Bertz CT molecular complexity index is 480. The Hall–Kier alpha value is -1.39. The van der Waals surface area contributed by atoms with Crippen LogP contribution in [0.5, 0.6) is 0 Å². The smallest absolute Gasteiger partial charge is 0.231 e. The number of nitrogens with one attached hydrogen (secondary N) is 2. The SMILES string of the molecule is CN1C(=O)Cc2cc(CNCC3CCNC3)ccc21. The minimum atomic E-state index is 0.192. The van der Waals surface area contributed by atoms with Crippen molar-refractivity contribution >= 4 is 11.6 Å². The van der Waals surface area contributed by atoms with E-state index in [1.807, 2.05) is 7.05 Å². The highest BCUT2D eigenvalue weighted by Gasteiger charge is 2.23. The fourth-order valence-corrected chi connectivity index (χ4v) is 2.94. The Balaban J connectivity index is 1.57. The van der Waals surface area contributed by atoms with Crippen LogP contribution in [0.3, 0.4) is 0 Å². The van der Waals surface area contributed by atoms with Gasteiger partial charge in [-0.05, 0) is 49.2 Å². The van der Waals surface area contributed by atoms with E-state index in [1.165, 1.54) is 12.0 Å². The number of benzene rings is 1. The number of rotatable bonds is 4. The minimum Gasteiger partial charge on any atom is -0.316 e. The standard InChI is InChI=1S/C15H21N3O/c1-18-14-3-2-11(6-13(14)7-15(18)19)8-17-10-12-4-5-16-9-12/h2-3,6,12,16-17H,4-5,7-10H2,1H3. The topological polar surface area (TPSA) is 44.4 Å². The lowest BCUT2D eigenvalue weighted by molar-refractivity contribution is -0.117. The number of anilines is 1. The van der Waals surface area contributed by atoms with Crippen LogP contribution in [0.15, 0.2) is 18.2 Å². The van der Waals surface area contributed by atoms with Gasteiger partial charge in [0, 0.05) is 19.3 Å². The molecule has 3 rings (SSSR count). The first kappa shape index (κ1) is 12.6. The van der Waals surface area contributed by atoms with Crippen molar-refractivity contribution in [2.24, 2.45) is 5.92 Å². The van der Waals surface area contributed by atoms with Crippen LogP contribution < -0.4 is 15.5 Å². The number of fused-ring (bicyclic) bond motifs is 1. The summed E-state index contributed by atoms with van der Waals surface area (Å²) in [6, 6.07) is 6.35. The lowest BCUT2D eigenvalue weighted by Gasteiger charge is -2.12. The summed E-state index contributed by atoms with van der Waals surface area (Å²) in [6.45, 7) is 4.25. The number of hydrogen-bond acceptors (Lipinski definition) is 3. The van der Waals surface area contributed by atoms with Crippen molar-refractivity contribution < 1.29 is 4.79 Å². The van der Waals surface area contributed by atoms with Gasteiger partial charge in [0.2, 0.25) is 5.91 Å². The highest BCUT2D eigenvalue weighted by Crippen LogP contribution is 2.28. The molecule has 0 radical (unpaired) electrons. The van der Waals surface area contributed by atoms with Crippen LogP contribution in [-0.2, 0) is 17.8 Å². The van der Waals surface area contributed by atoms with Crippen LogP contribution in [0.1, 0.15) is 17.5 Å². The van der Waals surface area contributed by atoms with Crippen LogP contribution in [0.25, 0.3) is 0 Å². The average molecular weight is 259 g/mol. The molecule has 2 heterocycles. The van der Waals surface area contributed by atoms with E-state index in [2.05, 4.69) is 28.8 Å². The van der Waals surface area contributed by atoms with Gasteiger partial charge in [-0.1, -0.05) is 12.1 Å². The average Bonchev–Trinajstić information content (AvgIpc) is 3.00. The highest BCUT2D eigenvalue weighted by molar-refractivity contribution is 6.00. The quantitative estimate of drug-likeness (QED) is 0.844. The summed E-state index contributed by atoms with van der Waals surface area (Å²) < 4.78 is 0. The van der Waals surface area contributed by atoms with Gasteiger partial charge in [0.1, 0.15) is 0 Å². The van der Waals surface area contributed by atoms with E-state index >= 15 is 0 Å². The number of carbonyl (C=O) groups excluding carboxylic acids is 1. The summed E-state index contributed by atoms with van der Waals surface area (Å²) in [6.07, 6.45) is 1.82. The first-order chi connectivity index (χ1) is 9.24. The van der Waals surface area contributed by atoms with E-state index in [1.54, 1.807) is 4.90 Å². The molecule has 0 aliphatic carbocycles. The van der Waals surface area contributed by atoms with Crippen molar-refractivity contribution in [2.75, 3.05) is 31.6 Å². The van der Waals surface area contributed by atoms with Crippen LogP contribution in [0.4, 0.5) is 5.69 Å². The van der Waals surface area contributed by atoms with Crippen LogP contribution >= 0.6 is 0 Å². The molecular weight excluding hydrogens is 238 g/mol. The predicted molar refractivity (Wildman–Crippen MR) is 76.2 cm³/mol. The van der Waals surface area contributed by atoms with E-state index in [4.69, 9.17) is 0 Å². The fraction of sp³-hybridized carbons (Fsp3) is 0.533. The summed E-state index contributed by atoms with van der Waals surface area (Å²) >= 11 is 0. The molecule has 1 aromatic rings. The number of nitrogens with zero attached hydrogens (tertiary/aromatic N) is 1.